The molecule has 6 heteroatoms. The van der Waals surface area contributed by atoms with Gasteiger partial charge in [0, 0.05) is 16.1 Å². The molecule has 2 aromatic carbocycles. The number of quaternary nitrogens is 2. The molecule has 146 valence electrons. The molecule has 3 rings (SSSR count). The average molecular weight is 393 g/mol. The highest BCUT2D eigenvalue weighted by atomic mass is 35.5. The Morgan fingerprint density at radius 3 is 1.67 bits per heavy atom. The Balaban J connectivity index is 1.58. The number of benzene rings is 2. The fourth-order valence-electron chi connectivity index (χ4n) is 3.73. The van der Waals surface area contributed by atoms with Crippen LogP contribution in [0.4, 0.5) is 0 Å². The van der Waals surface area contributed by atoms with E-state index < -0.39 is 0 Å². The van der Waals surface area contributed by atoms with E-state index >= 15 is 0 Å². The fourth-order valence-corrected chi connectivity index (χ4v) is 3.85. The molecule has 0 aliphatic carbocycles. The minimum Gasteiger partial charge on any atom is -0.493 e. The van der Waals surface area contributed by atoms with E-state index in [1.165, 1.54) is 24.2 Å². The van der Waals surface area contributed by atoms with E-state index in [0.717, 1.165) is 42.7 Å². The molecule has 0 radical (unpaired) electrons. The van der Waals surface area contributed by atoms with Crippen LogP contribution in [-0.2, 0) is 13.1 Å². The van der Waals surface area contributed by atoms with Crippen LogP contribution in [0.25, 0.3) is 0 Å². The molecular weight excluding hydrogens is 364 g/mol. The third-order valence-electron chi connectivity index (χ3n) is 5.21. The Bertz CT molecular complexity index is 719. The number of hydrogen-bond donors (Lipinski definition) is 2. The summed E-state index contributed by atoms with van der Waals surface area (Å²) in [7, 11) is 4.95. The van der Waals surface area contributed by atoms with Gasteiger partial charge in [-0.25, -0.2) is 0 Å². The van der Waals surface area contributed by atoms with Crippen LogP contribution in [0.3, 0.4) is 0 Å². The van der Waals surface area contributed by atoms with Crippen molar-refractivity contribution in [2.75, 3.05) is 47.5 Å². The SMILES string of the molecule is COc1cc(C[NH+]2CC[NH+](Cc3ccc(Cl)cc3)CC2)cc(OC)c1OC. The van der Waals surface area contributed by atoms with Crippen molar-refractivity contribution in [3.8, 4) is 17.2 Å². The van der Waals surface area contributed by atoms with Gasteiger partial charge in [0.1, 0.15) is 39.3 Å². The molecule has 0 atom stereocenters. The van der Waals surface area contributed by atoms with E-state index in [0.29, 0.717) is 5.75 Å². The maximum atomic E-state index is 5.98. The second-order valence-corrected chi connectivity index (χ2v) is 7.45. The van der Waals surface area contributed by atoms with Gasteiger partial charge in [-0.2, -0.15) is 0 Å². The molecule has 0 aromatic heterocycles. The molecule has 1 saturated heterocycles. The third-order valence-corrected chi connectivity index (χ3v) is 5.46. The lowest BCUT2D eigenvalue weighted by atomic mass is 10.1. The number of rotatable bonds is 7. The maximum Gasteiger partial charge on any atom is 0.203 e. The van der Waals surface area contributed by atoms with Crippen molar-refractivity contribution in [2.45, 2.75) is 13.1 Å². The molecule has 0 spiro atoms. The second kappa shape index (κ2) is 9.31. The van der Waals surface area contributed by atoms with E-state index in [4.69, 9.17) is 25.8 Å². The minimum absolute atomic E-state index is 0.649. The zero-order valence-electron chi connectivity index (χ0n) is 16.3. The number of hydrogen-bond acceptors (Lipinski definition) is 3. The Kier molecular flexibility index (Phi) is 6.83. The third kappa shape index (κ3) is 5.06. The summed E-state index contributed by atoms with van der Waals surface area (Å²) >= 11 is 5.98. The van der Waals surface area contributed by atoms with E-state index in [1.807, 2.05) is 12.1 Å². The van der Waals surface area contributed by atoms with Gasteiger partial charge in [0.05, 0.1) is 21.3 Å². The highest BCUT2D eigenvalue weighted by molar-refractivity contribution is 6.30. The lowest BCUT2D eigenvalue weighted by Gasteiger charge is -2.30. The van der Waals surface area contributed by atoms with Crippen molar-refractivity contribution in [3.05, 3.63) is 52.5 Å². The van der Waals surface area contributed by atoms with Crippen molar-refractivity contribution < 1.29 is 24.0 Å². The van der Waals surface area contributed by atoms with Crippen molar-refractivity contribution in [1.29, 1.82) is 0 Å². The highest BCUT2D eigenvalue weighted by Gasteiger charge is 2.24. The fraction of sp³-hybridized carbons (Fsp3) is 0.429. The minimum atomic E-state index is 0.649. The molecule has 27 heavy (non-hydrogen) atoms. The molecule has 0 saturated carbocycles. The standard InChI is InChI=1S/C21H27ClN2O3/c1-25-19-12-17(13-20(26-2)21(19)27-3)15-24-10-8-23(9-11-24)14-16-4-6-18(22)7-5-16/h4-7,12-13H,8-11,14-15H2,1-3H3/p+2. The Morgan fingerprint density at radius 2 is 1.22 bits per heavy atom. The van der Waals surface area contributed by atoms with Crippen LogP contribution in [0.5, 0.6) is 17.2 Å². The van der Waals surface area contributed by atoms with Gasteiger partial charge in [0.15, 0.2) is 11.5 Å². The van der Waals surface area contributed by atoms with Gasteiger partial charge in [-0.05, 0) is 24.3 Å². The maximum absolute atomic E-state index is 5.98. The Hall–Kier alpha value is -1.95. The van der Waals surface area contributed by atoms with E-state index in [2.05, 4.69) is 24.3 Å². The lowest BCUT2D eigenvalue weighted by molar-refractivity contribution is -1.02. The first-order valence-electron chi connectivity index (χ1n) is 9.33. The Labute approximate surface area is 166 Å². The van der Waals surface area contributed by atoms with Crippen molar-refractivity contribution in [3.63, 3.8) is 0 Å². The van der Waals surface area contributed by atoms with Crippen LogP contribution < -0.4 is 24.0 Å². The molecule has 1 heterocycles. The predicted molar refractivity (Wildman–Crippen MR) is 106 cm³/mol. The largest absolute Gasteiger partial charge is 0.493 e. The van der Waals surface area contributed by atoms with Crippen molar-refractivity contribution in [1.82, 2.24) is 0 Å². The smallest absolute Gasteiger partial charge is 0.203 e. The Morgan fingerprint density at radius 1 is 0.741 bits per heavy atom. The summed E-state index contributed by atoms with van der Waals surface area (Å²) in [6.45, 7) is 6.67. The summed E-state index contributed by atoms with van der Waals surface area (Å²) in [4.78, 5) is 3.22. The molecule has 1 aliphatic rings. The normalized spacial score (nSPS) is 19.6. The predicted octanol–water partition coefficient (Wildman–Crippen LogP) is 0.849. The first kappa shape index (κ1) is 19.8. The van der Waals surface area contributed by atoms with Crippen LogP contribution in [-0.4, -0.2) is 47.5 Å². The summed E-state index contributed by atoms with van der Waals surface area (Å²) in [5.41, 5.74) is 2.56. The van der Waals surface area contributed by atoms with Gasteiger partial charge < -0.3 is 24.0 Å². The van der Waals surface area contributed by atoms with Crippen molar-refractivity contribution in [2.24, 2.45) is 0 Å². The van der Waals surface area contributed by atoms with Crippen LogP contribution >= 0.6 is 11.6 Å². The van der Waals surface area contributed by atoms with Gasteiger partial charge in [-0.15, -0.1) is 0 Å². The van der Waals surface area contributed by atoms with Gasteiger partial charge in [-0.3, -0.25) is 0 Å². The molecule has 1 fully saturated rings. The molecule has 2 aromatic rings. The molecule has 0 amide bonds. The average Bonchev–Trinajstić information content (AvgIpc) is 2.70. The molecule has 0 unspecified atom stereocenters. The van der Waals surface area contributed by atoms with Gasteiger partial charge in [-0.1, -0.05) is 23.7 Å². The number of halogens is 1. The molecule has 0 bridgehead atoms. The first-order chi connectivity index (χ1) is 13.1. The van der Waals surface area contributed by atoms with Crippen molar-refractivity contribution >= 4 is 11.6 Å². The topological polar surface area (TPSA) is 36.6 Å². The van der Waals surface area contributed by atoms with Crippen LogP contribution in [0.2, 0.25) is 5.02 Å². The van der Waals surface area contributed by atoms with Crippen LogP contribution in [0, 0.1) is 0 Å². The number of ether oxygens (including phenoxy) is 3. The quantitative estimate of drug-likeness (QED) is 0.733. The summed E-state index contributed by atoms with van der Waals surface area (Å²) in [5.74, 6) is 2.09. The molecule has 2 N–H and O–H groups in total. The summed E-state index contributed by atoms with van der Waals surface area (Å²) < 4.78 is 16.4. The van der Waals surface area contributed by atoms with E-state index in [-0.39, 0.29) is 0 Å². The zero-order valence-corrected chi connectivity index (χ0v) is 17.1. The zero-order chi connectivity index (χ0) is 19.2. The summed E-state index contributed by atoms with van der Waals surface area (Å²) in [5, 5.41) is 0.799. The van der Waals surface area contributed by atoms with Crippen LogP contribution in [0.15, 0.2) is 36.4 Å². The number of methoxy groups -OCH3 is 3. The van der Waals surface area contributed by atoms with Crippen LogP contribution in [0.1, 0.15) is 11.1 Å². The summed E-state index contributed by atoms with van der Waals surface area (Å²) in [6.07, 6.45) is 0. The summed E-state index contributed by atoms with van der Waals surface area (Å²) in [6, 6.07) is 12.3. The highest BCUT2D eigenvalue weighted by Crippen LogP contribution is 2.37. The van der Waals surface area contributed by atoms with Gasteiger partial charge in [0.25, 0.3) is 0 Å². The lowest BCUT2D eigenvalue weighted by Crippen LogP contribution is -3.27. The number of piperazine rings is 1. The molecule has 1 aliphatic heterocycles. The van der Waals surface area contributed by atoms with Gasteiger partial charge >= 0.3 is 0 Å². The molecule has 5 nitrogen and oxygen atoms in total. The number of nitrogens with one attached hydrogen (secondary N) is 2. The molecular formula is C21H29ClN2O3+2. The van der Waals surface area contributed by atoms with Gasteiger partial charge in [0.2, 0.25) is 5.75 Å². The second-order valence-electron chi connectivity index (χ2n) is 7.01. The first-order valence-corrected chi connectivity index (χ1v) is 9.71. The van der Waals surface area contributed by atoms with E-state index in [9.17, 15) is 0 Å². The van der Waals surface area contributed by atoms with E-state index in [1.54, 1.807) is 31.1 Å². The monoisotopic (exact) mass is 392 g/mol.